The Morgan fingerprint density at radius 2 is 2.00 bits per heavy atom. The number of fused-ring (bicyclic) bond motifs is 1. The molecule has 5 nitrogen and oxygen atoms in total. The van der Waals surface area contributed by atoms with Gasteiger partial charge in [-0.2, -0.15) is 0 Å². The van der Waals surface area contributed by atoms with Gasteiger partial charge >= 0.3 is 5.97 Å². The third-order valence-corrected chi connectivity index (χ3v) is 6.36. The fourth-order valence-electron chi connectivity index (χ4n) is 2.83. The summed E-state index contributed by atoms with van der Waals surface area (Å²) in [5.74, 6) is -0.643. The monoisotopic (exact) mass is 351 g/mol. The summed E-state index contributed by atoms with van der Waals surface area (Å²) in [7, 11) is -2.59. The number of aryl methyl sites for hydroxylation is 1. The highest BCUT2D eigenvalue weighted by molar-refractivity contribution is 7.93. The van der Waals surface area contributed by atoms with E-state index in [0.717, 1.165) is 42.6 Å². The van der Waals surface area contributed by atoms with Crippen molar-refractivity contribution < 1.29 is 17.9 Å². The first-order valence-corrected chi connectivity index (χ1v) is 9.68. The van der Waals surface area contributed by atoms with Crippen LogP contribution in [0.15, 0.2) is 34.5 Å². The van der Waals surface area contributed by atoms with Gasteiger partial charge in [0, 0.05) is 0 Å². The Morgan fingerprint density at radius 3 is 2.78 bits per heavy atom. The number of hydrogen-bond donors (Lipinski definition) is 1. The van der Waals surface area contributed by atoms with E-state index in [9.17, 15) is 13.2 Å². The number of sulfonamides is 1. The number of carbonyl (C=O) groups is 1. The molecule has 0 fully saturated rings. The second-order valence-electron chi connectivity index (χ2n) is 5.36. The van der Waals surface area contributed by atoms with E-state index in [1.54, 1.807) is 11.4 Å². The van der Waals surface area contributed by atoms with Crippen molar-refractivity contribution in [3.05, 3.63) is 45.6 Å². The lowest BCUT2D eigenvalue weighted by Gasteiger charge is -2.20. The van der Waals surface area contributed by atoms with E-state index in [1.165, 1.54) is 18.7 Å². The van der Waals surface area contributed by atoms with Crippen LogP contribution < -0.4 is 4.72 Å². The summed E-state index contributed by atoms with van der Waals surface area (Å²) in [5.41, 5.74) is 2.84. The van der Waals surface area contributed by atoms with Gasteiger partial charge in [0.05, 0.1) is 12.8 Å². The van der Waals surface area contributed by atoms with Gasteiger partial charge < -0.3 is 4.74 Å². The molecule has 0 atom stereocenters. The summed E-state index contributed by atoms with van der Waals surface area (Å²) < 4.78 is 32.6. The van der Waals surface area contributed by atoms with E-state index in [1.807, 2.05) is 12.1 Å². The second-order valence-corrected chi connectivity index (χ2v) is 7.93. The van der Waals surface area contributed by atoms with Crippen molar-refractivity contribution >= 4 is 33.0 Å². The first-order valence-electron chi connectivity index (χ1n) is 7.32. The molecule has 7 heteroatoms. The minimum Gasteiger partial charge on any atom is -0.465 e. The zero-order chi connectivity index (χ0) is 16.4. The minimum atomic E-state index is -3.83. The second kappa shape index (κ2) is 6.33. The van der Waals surface area contributed by atoms with Crippen LogP contribution in [-0.2, 0) is 27.6 Å². The Bertz CT molecular complexity index is 840. The molecule has 0 spiro atoms. The van der Waals surface area contributed by atoms with E-state index in [-0.39, 0.29) is 9.77 Å². The number of carbonyl (C=O) groups excluding carboxylic acids is 1. The maximum atomic E-state index is 12.7. The number of ether oxygens (including phenoxy) is 1. The third-order valence-electron chi connectivity index (χ3n) is 3.93. The predicted octanol–water partition coefficient (Wildman–Crippen LogP) is 3.21. The van der Waals surface area contributed by atoms with Gasteiger partial charge in [0.2, 0.25) is 0 Å². The van der Waals surface area contributed by atoms with Crippen LogP contribution in [0.4, 0.5) is 5.69 Å². The van der Waals surface area contributed by atoms with Crippen LogP contribution in [0.2, 0.25) is 0 Å². The van der Waals surface area contributed by atoms with Crippen molar-refractivity contribution in [2.45, 2.75) is 30.6 Å². The molecule has 0 saturated heterocycles. The van der Waals surface area contributed by atoms with E-state index in [0.29, 0.717) is 5.69 Å². The fourth-order valence-corrected chi connectivity index (χ4v) is 5.26. The molecule has 0 radical (unpaired) electrons. The smallest absolute Gasteiger partial charge is 0.349 e. The molecule has 1 aliphatic carbocycles. The van der Waals surface area contributed by atoms with Gasteiger partial charge in [0.15, 0.2) is 0 Å². The van der Waals surface area contributed by atoms with Crippen LogP contribution in [0.25, 0.3) is 0 Å². The van der Waals surface area contributed by atoms with Gasteiger partial charge in [-0.05, 0) is 54.3 Å². The summed E-state index contributed by atoms with van der Waals surface area (Å²) in [6, 6.07) is 7.09. The maximum absolute atomic E-state index is 12.7. The third kappa shape index (κ3) is 3.11. The topological polar surface area (TPSA) is 72.5 Å². The average molecular weight is 351 g/mol. The molecule has 1 aromatic heterocycles. The number of thiophene rings is 1. The first-order chi connectivity index (χ1) is 11.0. The van der Waals surface area contributed by atoms with Gasteiger partial charge in [-0.15, -0.1) is 11.3 Å². The average Bonchev–Trinajstić information content (AvgIpc) is 3.05. The molecule has 1 N–H and O–H groups in total. The highest BCUT2D eigenvalue weighted by atomic mass is 32.2. The van der Waals surface area contributed by atoms with Crippen LogP contribution in [0, 0.1) is 0 Å². The molecule has 2 aromatic rings. The molecule has 1 heterocycles. The van der Waals surface area contributed by atoms with Gasteiger partial charge in [0.25, 0.3) is 10.0 Å². The largest absolute Gasteiger partial charge is 0.465 e. The van der Waals surface area contributed by atoms with E-state index < -0.39 is 16.0 Å². The maximum Gasteiger partial charge on any atom is 0.349 e. The summed E-state index contributed by atoms with van der Waals surface area (Å²) in [6.45, 7) is 0. The molecule has 122 valence electrons. The van der Waals surface area contributed by atoms with Gasteiger partial charge in [-0.1, -0.05) is 12.1 Å². The minimum absolute atomic E-state index is 0.0391. The molecular weight excluding hydrogens is 334 g/mol. The van der Waals surface area contributed by atoms with E-state index in [4.69, 9.17) is 0 Å². The summed E-state index contributed by atoms with van der Waals surface area (Å²) in [4.78, 5) is 11.8. The Labute approximate surface area is 139 Å². The normalized spacial score (nSPS) is 14.1. The summed E-state index contributed by atoms with van der Waals surface area (Å²) >= 11 is 1.05. The highest BCUT2D eigenvalue weighted by Crippen LogP contribution is 2.31. The van der Waals surface area contributed by atoms with E-state index in [2.05, 4.69) is 9.46 Å². The molecule has 1 aromatic carbocycles. The van der Waals surface area contributed by atoms with Crippen molar-refractivity contribution in [3.63, 3.8) is 0 Å². The number of anilines is 1. The van der Waals surface area contributed by atoms with Crippen LogP contribution in [0.5, 0.6) is 0 Å². The Hall–Kier alpha value is -1.86. The molecule has 0 aliphatic heterocycles. The molecule has 1 aliphatic rings. The Balaban J connectivity index is 1.97. The molecule has 23 heavy (non-hydrogen) atoms. The standard InChI is InChI=1S/C16H17NO4S2/c1-21-16(18)15-14(9-10-22-15)23(19,20)17-13-8-4-6-11-5-2-3-7-12(11)13/h4,6,8-10,17H,2-3,5,7H2,1H3. The molecule has 0 unspecified atom stereocenters. The SMILES string of the molecule is COC(=O)c1sccc1S(=O)(=O)Nc1cccc2c1CCCC2. The van der Waals surface area contributed by atoms with Crippen molar-refractivity contribution in [2.24, 2.45) is 0 Å². The lowest BCUT2D eigenvalue weighted by atomic mass is 9.91. The summed E-state index contributed by atoms with van der Waals surface area (Å²) in [5, 5.41) is 1.57. The number of nitrogens with one attached hydrogen (secondary N) is 1. The van der Waals surface area contributed by atoms with Gasteiger partial charge in [0.1, 0.15) is 9.77 Å². The van der Waals surface area contributed by atoms with E-state index >= 15 is 0 Å². The summed E-state index contributed by atoms with van der Waals surface area (Å²) in [6.07, 6.45) is 4.01. The number of esters is 1. The quantitative estimate of drug-likeness (QED) is 0.859. The molecular formula is C16H17NO4S2. The van der Waals surface area contributed by atoms with Gasteiger partial charge in [-0.3, -0.25) is 4.72 Å². The van der Waals surface area contributed by atoms with Gasteiger partial charge in [-0.25, -0.2) is 13.2 Å². The number of hydrogen-bond acceptors (Lipinski definition) is 5. The van der Waals surface area contributed by atoms with Crippen LogP contribution in [0.1, 0.15) is 33.6 Å². The zero-order valence-corrected chi connectivity index (χ0v) is 14.3. The highest BCUT2D eigenvalue weighted by Gasteiger charge is 2.26. The molecule has 3 rings (SSSR count). The van der Waals surface area contributed by atoms with Crippen LogP contribution in [0.3, 0.4) is 0 Å². The van der Waals surface area contributed by atoms with Crippen molar-refractivity contribution in [1.82, 2.24) is 0 Å². The zero-order valence-electron chi connectivity index (χ0n) is 12.7. The molecule has 0 amide bonds. The fraction of sp³-hybridized carbons (Fsp3) is 0.312. The first kappa shape index (κ1) is 16.0. The molecule has 0 bridgehead atoms. The van der Waals surface area contributed by atoms with Crippen molar-refractivity contribution in [3.8, 4) is 0 Å². The Kier molecular flexibility index (Phi) is 4.41. The number of methoxy groups -OCH3 is 1. The lowest BCUT2D eigenvalue weighted by molar-refractivity contribution is 0.0602. The number of benzene rings is 1. The predicted molar refractivity (Wildman–Crippen MR) is 89.6 cm³/mol. The number of rotatable bonds is 4. The lowest BCUT2D eigenvalue weighted by Crippen LogP contribution is -2.18. The van der Waals surface area contributed by atoms with Crippen LogP contribution in [-0.4, -0.2) is 21.5 Å². The Morgan fingerprint density at radius 1 is 1.22 bits per heavy atom. The van der Waals surface area contributed by atoms with Crippen LogP contribution >= 0.6 is 11.3 Å². The van der Waals surface area contributed by atoms with Crippen molar-refractivity contribution in [2.75, 3.05) is 11.8 Å². The van der Waals surface area contributed by atoms with Crippen molar-refractivity contribution in [1.29, 1.82) is 0 Å². The molecule has 0 saturated carbocycles.